The van der Waals surface area contributed by atoms with Crippen LogP contribution >= 0.6 is 0 Å². The number of hydrogen-bond donors (Lipinski definition) is 0. The average Bonchev–Trinajstić information content (AvgIpc) is 1.06. The largest absolute Gasteiger partial charge is 0.204 e. The topological polar surface area (TPSA) is 0 Å². The summed E-state index contributed by atoms with van der Waals surface area (Å²) >= 11 is 0. The Hall–Kier alpha value is -6.80. The lowest BCUT2D eigenvalue weighted by Crippen LogP contribution is -2.13. The molecule has 0 bridgehead atoms. The minimum atomic E-state index is -0.798. The second kappa shape index (κ2) is 36.4. The number of halogens is 8. The molecule has 4 aliphatic carbocycles. The predicted molar refractivity (Wildman–Crippen MR) is 375 cm³/mol. The minimum absolute atomic E-state index is 0.654. The summed E-state index contributed by atoms with van der Waals surface area (Å²) in [5.74, 6) is -0.0756. The van der Waals surface area contributed by atoms with Crippen molar-refractivity contribution in [2.75, 3.05) is 0 Å². The Labute approximate surface area is 557 Å². The maximum atomic E-state index is 13.4. The zero-order valence-electron chi connectivity index (χ0n) is 56.2. The van der Waals surface area contributed by atoms with Crippen molar-refractivity contribution in [1.29, 1.82) is 0 Å². The minimum Gasteiger partial charge on any atom is -0.204 e. The molecule has 8 aromatic carbocycles. The first-order chi connectivity index (χ1) is 45.7. The maximum absolute atomic E-state index is 13.4. The fourth-order valence-electron chi connectivity index (χ4n) is 15.3. The van der Waals surface area contributed by atoms with Crippen molar-refractivity contribution >= 4 is 0 Å². The van der Waals surface area contributed by atoms with E-state index in [-0.39, 0.29) is 0 Å². The molecule has 4 aliphatic rings. The van der Waals surface area contributed by atoms with Crippen molar-refractivity contribution in [3.63, 3.8) is 0 Å². The number of rotatable bonds is 18. The normalized spacial score (nSPS) is 21.1. The summed E-state index contributed by atoms with van der Waals surface area (Å²) in [5.41, 5.74) is 12.2. The maximum Gasteiger partial charge on any atom is 0.159 e. The van der Waals surface area contributed by atoms with Gasteiger partial charge in [0.1, 0.15) is 0 Å². The molecule has 0 nitrogen and oxygen atoms in total. The first kappa shape index (κ1) is 71.5. The third-order valence-corrected chi connectivity index (χ3v) is 21.4. The Bertz CT molecular complexity index is 3520. The molecule has 12 rings (SSSR count). The lowest BCUT2D eigenvalue weighted by molar-refractivity contribution is 0.303. The highest BCUT2D eigenvalue weighted by Crippen LogP contribution is 2.42. The van der Waals surface area contributed by atoms with Crippen LogP contribution in [-0.4, -0.2) is 0 Å². The first-order valence-electron chi connectivity index (χ1n) is 35.9. The van der Waals surface area contributed by atoms with Gasteiger partial charge < -0.3 is 0 Å². The quantitative estimate of drug-likeness (QED) is 0.0593. The summed E-state index contributed by atoms with van der Waals surface area (Å²) in [5, 5.41) is 0. The van der Waals surface area contributed by atoms with E-state index in [1.165, 1.54) is 238 Å². The van der Waals surface area contributed by atoms with Gasteiger partial charge in [-0.1, -0.05) is 213 Å². The molecule has 94 heavy (non-hydrogen) atoms. The molecule has 0 spiro atoms. The van der Waals surface area contributed by atoms with Crippen LogP contribution in [0.1, 0.15) is 241 Å². The molecular formula is C86H100F8. The van der Waals surface area contributed by atoms with Crippen LogP contribution in [-0.2, 0) is 0 Å². The van der Waals surface area contributed by atoms with Gasteiger partial charge >= 0.3 is 0 Å². The Morgan fingerprint density at radius 1 is 0.223 bits per heavy atom. The molecule has 0 aromatic heterocycles. The lowest BCUT2D eigenvalue weighted by Gasteiger charge is -2.29. The summed E-state index contributed by atoms with van der Waals surface area (Å²) < 4.78 is 106. The molecule has 0 amide bonds. The average molecular weight is 1290 g/mol. The van der Waals surface area contributed by atoms with E-state index in [9.17, 15) is 35.1 Å². The summed E-state index contributed by atoms with van der Waals surface area (Å²) in [6.07, 6.45) is 34.3. The zero-order chi connectivity index (χ0) is 66.3. The van der Waals surface area contributed by atoms with Gasteiger partial charge in [-0.15, -0.1) is 0 Å². The van der Waals surface area contributed by atoms with Crippen molar-refractivity contribution in [3.05, 3.63) is 239 Å². The van der Waals surface area contributed by atoms with E-state index in [1.54, 1.807) is 24.3 Å². The fraction of sp³-hybridized carbons (Fsp3) is 0.442. The Morgan fingerprint density at radius 2 is 0.457 bits per heavy atom. The van der Waals surface area contributed by atoms with E-state index >= 15 is 0 Å². The van der Waals surface area contributed by atoms with Gasteiger partial charge in [-0.3, -0.25) is 0 Å². The van der Waals surface area contributed by atoms with Crippen molar-refractivity contribution < 1.29 is 35.1 Å². The van der Waals surface area contributed by atoms with Gasteiger partial charge in [-0.05, 0) is 265 Å². The van der Waals surface area contributed by atoms with Crippen molar-refractivity contribution in [2.45, 2.75) is 218 Å². The molecule has 8 aromatic rings. The second-order valence-electron chi connectivity index (χ2n) is 27.7. The summed E-state index contributed by atoms with van der Waals surface area (Å²) in [4.78, 5) is 0. The monoisotopic (exact) mass is 1280 g/mol. The molecule has 4 fully saturated rings. The molecule has 0 atom stereocenters. The molecule has 0 aliphatic heterocycles. The zero-order valence-corrected chi connectivity index (χ0v) is 56.2. The molecule has 0 N–H and O–H groups in total. The van der Waals surface area contributed by atoms with Crippen LogP contribution in [0.5, 0.6) is 0 Å². The molecule has 8 heteroatoms. The van der Waals surface area contributed by atoms with Gasteiger partial charge in [0, 0.05) is 0 Å². The molecule has 4 saturated carbocycles. The standard InChI is InChI=1S/C23H28F2.C22H26F2.C21H24F2.C20H22F2/c1-2-3-4-5-17-6-8-18(9-7-17)19-10-12-20(13-11-19)21-14-15-22(24)23(25)16-21;1-2-3-4-16-5-7-17(8-6-16)18-9-11-19(12-10-18)20-13-14-21(23)22(24)15-20;1-2-3-15-4-6-16(7-5-15)17-8-10-18(11-9-17)19-12-13-20(22)21(23)14-19;1-2-14-3-5-15(6-4-14)16-7-9-17(10-8-16)18-11-12-19(21)20(22)13-18/h10-18H,2-9H2,1H3;9-17H,2-8H2,1H3;8-16H,2-7H2,1H3;7-15H,2-6H2,1H3. The van der Waals surface area contributed by atoms with Gasteiger partial charge in [0.15, 0.2) is 46.5 Å². The van der Waals surface area contributed by atoms with Crippen LogP contribution in [0.15, 0.2) is 170 Å². The van der Waals surface area contributed by atoms with Crippen LogP contribution in [0, 0.1) is 70.2 Å². The van der Waals surface area contributed by atoms with Crippen molar-refractivity contribution in [2.24, 2.45) is 23.7 Å². The van der Waals surface area contributed by atoms with Gasteiger partial charge in [-0.2, -0.15) is 0 Å². The molecule has 0 saturated heterocycles. The van der Waals surface area contributed by atoms with E-state index in [0.717, 1.165) is 68.2 Å². The van der Waals surface area contributed by atoms with Gasteiger partial charge in [0.05, 0.1) is 0 Å². The summed E-state index contributed by atoms with van der Waals surface area (Å²) in [7, 11) is 0. The number of unbranched alkanes of at least 4 members (excludes halogenated alkanes) is 3. The number of hydrogen-bond acceptors (Lipinski definition) is 0. The van der Waals surface area contributed by atoms with Crippen LogP contribution in [0.25, 0.3) is 44.5 Å². The van der Waals surface area contributed by atoms with E-state index in [1.807, 2.05) is 48.5 Å². The van der Waals surface area contributed by atoms with Crippen molar-refractivity contribution in [1.82, 2.24) is 0 Å². The van der Waals surface area contributed by atoms with Crippen LogP contribution in [0.3, 0.4) is 0 Å². The van der Waals surface area contributed by atoms with Gasteiger partial charge in [-0.25, -0.2) is 35.1 Å². The third-order valence-electron chi connectivity index (χ3n) is 21.4. The second-order valence-corrected chi connectivity index (χ2v) is 27.7. The molecular weight excluding hydrogens is 1180 g/mol. The van der Waals surface area contributed by atoms with Gasteiger partial charge in [0.25, 0.3) is 0 Å². The van der Waals surface area contributed by atoms with E-state index < -0.39 is 46.5 Å². The molecule has 500 valence electrons. The Morgan fingerprint density at radius 3 is 0.691 bits per heavy atom. The molecule has 0 unspecified atom stereocenters. The predicted octanol–water partition coefficient (Wildman–Crippen LogP) is 27.6. The Balaban J connectivity index is 0.000000148. The molecule has 0 radical (unpaired) electrons. The highest BCUT2D eigenvalue weighted by Gasteiger charge is 2.26. The summed E-state index contributed by atoms with van der Waals surface area (Å²) in [6, 6.07) is 49.8. The van der Waals surface area contributed by atoms with Gasteiger partial charge in [0.2, 0.25) is 0 Å². The van der Waals surface area contributed by atoms with Crippen LogP contribution in [0.2, 0.25) is 0 Å². The lowest BCUT2D eigenvalue weighted by atomic mass is 9.77. The van der Waals surface area contributed by atoms with Crippen LogP contribution in [0.4, 0.5) is 35.1 Å². The van der Waals surface area contributed by atoms with E-state index in [2.05, 4.69) is 76.2 Å². The third kappa shape index (κ3) is 20.6. The highest BCUT2D eigenvalue weighted by molar-refractivity contribution is 5.66. The SMILES string of the molecule is CCC1CCC(c2ccc(-c3ccc(F)c(F)c3)cc2)CC1.CCCC1CCC(c2ccc(-c3ccc(F)c(F)c3)cc2)CC1.CCCCC1CCC(c2ccc(-c3ccc(F)c(F)c3)cc2)CC1.CCCCCC1CCC(c2ccc(-c3ccc(F)c(F)c3)cc2)CC1. The summed E-state index contributed by atoms with van der Waals surface area (Å²) in [6.45, 7) is 9.08. The van der Waals surface area contributed by atoms with E-state index in [4.69, 9.17) is 0 Å². The highest BCUT2D eigenvalue weighted by atomic mass is 19.2. The Kier molecular flexibility index (Phi) is 27.6. The fourth-order valence-corrected chi connectivity index (χ4v) is 15.3. The van der Waals surface area contributed by atoms with Crippen LogP contribution < -0.4 is 0 Å². The van der Waals surface area contributed by atoms with E-state index in [0.29, 0.717) is 23.7 Å². The molecule has 0 heterocycles. The smallest absolute Gasteiger partial charge is 0.159 e. The number of benzene rings is 8. The first-order valence-corrected chi connectivity index (χ1v) is 35.9. The van der Waals surface area contributed by atoms with Crippen molar-refractivity contribution in [3.8, 4) is 44.5 Å².